The number of benzene rings is 3. The number of Topliss-reactive ketones (excluding diaryl/α,β-unsaturated/α-hetero) is 1. The van der Waals surface area contributed by atoms with Crippen molar-refractivity contribution in [1.82, 2.24) is 9.80 Å². The number of aliphatic hydroxyl groups is 1. The molecule has 0 spiro atoms. The molecule has 0 radical (unpaired) electrons. The maximum atomic E-state index is 13.4. The number of nitrogens with zero attached hydrogens (tertiary/aromatic N) is 2. The maximum absolute atomic E-state index is 13.4. The Labute approximate surface area is 210 Å². The lowest BCUT2D eigenvalue weighted by Crippen LogP contribution is -2.38. The van der Waals surface area contributed by atoms with E-state index in [1.54, 1.807) is 30.3 Å². The average Bonchev–Trinajstić information content (AvgIpc) is 3.13. The Bertz CT molecular complexity index is 1340. The predicted molar refractivity (Wildman–Crippen MR) is 138 cm³/mol. The molecule has 1 aliphatic heterocycles. The zero-order valence-electron chi connectivity index (χ0n) is 20.7. The summed E-state index contributed by atoms with van der Waals surface area (Å²) >= 11 is 0. The van der Waals surface area contributed by atoms with Crippen molar-refractivity contribution in [2.45, 2.75) is 26.8 Å². The van der Waals surface area contributed by atoms with E-state index in [2.05, 4.69) is 4.90 Å². The van der Waals surface area contributed by atoms with Crippen molar-refractivity contribution in [1.29, 1.82) is 0 Å². The lowest BCUT2D eigenvalue weighted by atomic mass is 9.93. The van der Waals surface area contributed by atoms with E-state index in [-0.39, 0.29) is 11.3 Å². The van der Waals surface area contributed by atoms with Crippen LogP contribution in [0.15, 0.2) is 72.3 Å². The number of likely N-dealkylation sites (N-methyl/N-ethyl adjacent to an activating group) is 1. The lowest BCUT2D eigenvalue weighted by Gasteiger charge is -2.28. The van der Waals surface area contributed by atoms with Crippen LogP contribution < -0.4 is 4.74 Å². The molecule has 1 atom stereocenters. The van der Waals surface area contributed by atoms with Crippen LogP contribution in [-0.4, -0.2) is 58.7 Å². The fourth-order valence-corrected chi connectivity index (χ4v) is 4.74. The average molecular weight is 487 g/mol. The minimum atomic E-state index is -0.824. The Hall–Kier alpha value is -3.97. The van der Waals surface area contributed by atoms with Gasteiger partial charge in [-0.2, -0.15) is 0 Å². The summed E-state index contributed by atoms with van der Waals surface area (Å²) in [5.74, 6) is -1.79. The Kier molecular flexibility index (Phi) is 7.50. The molecule has 0 aliphatic carbocycles. The number of hydrogen-bond acceptors (Lipinski definition) is 6. The van der Waals surface area contributed by atoms with Crippen LogP contribution in [0.3, 0.4) is 0 Å². The zero-order chi connectivity index (χ0) is 25.8. The monoisotopic (exact) mass is 486 g/mol. The summed E-state index contributed by atoms with van der Waals surface area (Å²) < 4.78 is 5.26. The van der Waals surface area contributed by atoms with E-state index in [1.807, 2.05) is 50.2 Å². The van der Waals surface area contributed by atoms with Crippen molar-refractivity contribution in [3.8, 4) is 5.75 Å². The number of fused-ring (bicyclic) bond motifs is 1. The molecule has 4 rings (SSSR count). The standard InChI is InChI=1S/C29H30N2O5/c1-4-30(5-2)16-17-31-26(21-12-8-13-22(18-21)36-19(3)32)25(28(34)29(31)35)27(33)24-15-9-11-20-10-6-7-14-23(20)24/h6-15,18,26,33H,4-5,16-17H2,1-3H3/b27-25-. The van der Waals surface area contributed by atoms with Gasteiger partial charge in [-0.15, -0.1) is 0 Å². The SMILES string of the molecule is CCN(CC)CCN1C(=O)C(=O)/C(=C(\O)c2cccc3ccccc23)C1c1cccc(OC(C)=O)c1. The minimum absolute atomic E-state index is 0.0240. The zero-order valence-corrected chi connectivity index (χ0v) is 20.7. The van der Waals surface area contributed by atoms with Crippen LogP contribution in [0.4, 0.5) is 0 Å². The minimum Gasteiger partial charge on any atom is -0.507 e. The molecule has 0 bridgehead atoms. The highest BCUT2D eigenvalue weighted by Gasteiger charge is 2.46. The molecule has 3 aromatic rings. The topological polar surface area (TPSA) is 87.2 Å². The fourth-order valence-electron chi connectivity index (χ4n) is 4.74. The van der Waals surface area contributed by atoms with E-state index in [0.717, 1.165) is 23.9 Å². The summed E-state index contributed by atoms with van der Waals surface area (Å²) in [7, 11) is 0. The molecule has 1 N–H and O–H groups in total. The van der Waals surface area contributed by atoms with Crippen molar-refractivity contribution in [3.63, 3.8) is 0 Å². The molecule has 186 valence electrons. The second-order valence-corrected chi connectivity index (χ2v) is 8.71. The first-order valence-electron chi connectivity index (χ1n) is 12.1. The molecule has 0 saturated carbocycles. The molecule has 7 heteroatoms. The number of carbonyl (C=O) groups excluding carboxylic acids is 3. The Balaban J connectivity index is 1.88. The highest BCUT2D eigenvalue weighted by atomic mass is 16.5. The van der Waals surface area contributed by atoms with Crippen LogP contribution in [-0.2, 0) is 14.4 Å². The first kappa shape index (κ1) is 25.1. The van der Waals surface area contributed by atoms with Crippen molar-refractivity contribution in [2.75, 3.05) is 26.2 Å². The molecule has 3 aromatic carbocycles. The lowest BCUT2D eigenvalue weighted by molar-refractivity contribution is -0.140. The maximum Gasteiger partial charge on any atom is 0.308 e. The van der Waals surface area contributed by atoms with Crippen LogP contribution in [0.2, 0.25) is 0 Å². The number of ether oxygens (including phenoxy) is 1. The number of amides is 1. The summed E-state index contributed by atoms with van der Waals surface area (Å²) in [4.78, 5) is 41.9. The van der Waals surface area contributed by atoms with Gasteiger partial charge in [-0.3, -0.25) is 14.4 Å². The second-order valence-electron chi connectivity index (χ2n) is 8.71. The van der Waals surface area contributed by atoms with E-state index in [1.165, 1.54) is 11.8 Å². The van der Waals surface area contributed by atoms with Gasteiger partial charge in [0.1, 0.15) is 11.5 Å². The quantitative estimate of drug-likeness (QED) is 0.166. The van der Waals surface area contributed by atoms with Gasteiger partial charge in [-0.25, -0.2) is 0 Å². The summed E-state index contributed by atoms with van der Waals surface area (Å²) in [6, 6.07) is 19.0. The summed E-state index contributed by atoms with van der Waals surface area (Å²) in [6.45, 7) is 7.89. The molecule has 1 unspecified atom stereocenters. The molecule has 1 saturated heterocycles. The molecule has 1 aliphatic rings. The smallest absolute Gasteiger partial charge is 0.308 e. The largest absolute Gasteiger partial charge is 0.507 e. The molecule has 7 nitrogen and oxygen atoms in total. The van der Waals surface area contributed by atoms with Gasteiger partial charge in [-0.05, 0) is 41.6 Å². The van der Waals surface area contributed by atoms with E-state index < -0.39 is 23.7 Å². The highest BCUT2D eigenvalue weighted by Crippen LogP contribution is 2.41. The third kappa shape index (κ3) is 4.88. The molecule has 0 aromatic heterocycles. The molecule has 1 fully saturated rings. The van der Waals surface area contributed by atoms with Crippen LogP contribution in [0, 0.1) is 0 Å². The summed E-state index contributed by atoms with van der Waals surface area (Å²) in [5.41, 5.74) is 1.08. The fraction of sp³-hybridized carbons (Fsp3) is 0.276. The number of esters is 1. The van der Waals surface area contributed by atoms with Crippen LogP contribution in [0.1, 0.15) is 37.9 Å². The second kappa shape index (κ2) is 10.7. The van der Waals surface area contributed by atoms with Gasteiger partial charge in [-0.1, -0.05) is 68.4 Å². The Morgan fingerprint density at radius 1 is 1.00 bits per heavy atom. The molecule has 1 amide bonds. The first-order chi connectivity index (χ1) is 17.3. The number of hydrogen-bond donors (Lipinski definition) is 1. The van der Waals surface area contributed by atoms with E-state index >= 15 is 0 Å². The van der Waals surface area contributed by atoms with Crippen molar-refractivity contribution in [3.05, 3.63) is 83.4 Å². The Morgan fingerprint density at radius 2 is 1.69 bits per heavy atom. The van der Waals surface area contributed by atoms with Gasteiger partial charge in [0.15, 0.2) is 0 Å². The third-order valence-electron chi connectivity index (χ3n) is 6.57. The molecular formula is C29H30N2O5. The third-order valence-corrected chi connectivity index (χ3v) is 6.57. The number of aliphatic hydroxyl groups excluding tert-OH is 1. The normalized spacial score (nSPS) is 17.2. The Morgan fingerprint density at radius 3 is 2.42 bits per heavy atom. The van der Waals surface area contributed by atoms with E-state index in [4.69, 9.17) is 4.74 Å². The van der Waals surface area contributed by atoms with Gasteiger partial charge in [0.05, 0.1) is 11.6 Å². The van der Waals surface area contributed by atoms with E-state index in [0.29, 0.717) is 30.0 Å². The molecule has 1 heterocycles. The van der Waals surface area contributed by atoms with Gasteiger partial charge in [0.25, 0.3) is 11.7 Å². The highest BCUT2D eigenvalue weighted by molar-refractivity contribution is 6.46. The van der Waals surface area contributed by atoms with Crippen molar-refractivity contribution < 1.29 is 24.2 Å². The van der Waals surface area contributed by atoms with Gasteiger partial charge >= 0.3 is 5.97 Å². The number of ketones is 1. The number of rotatable bonds is 8. The summed E-state index contributed by atoms with van der Waals surface area (Å²) in [6.07, 6.45) is 0. The first-order valence-corrected chi connectivity index (χ1v) is 12.1. The predicted octanol–water partition coefficient (Wildman–Crippen LogP) is 4.53. The van der Waals surface area contributed by atoms with Crippen LogP contribution >= 0.6 is 0 Å². The van der Waals surface area contributed by atoms with Crippen molar-refractivity contribution >= 4 is 34.2 Å². The van der Waals surface area contributed by atoms with Gasteiger partial charge in [0.2, 0.25) is 0 Å². The molecule has 36 heavy (non-hydrogen) atoms. The van der Waals surface area contributed by atoms with Gasteiger partial charge in [0, 0.05) is 25.6 Å². The number of carbonyl (C=O) groups is 3. The van der Waals surface area contributed by atoms with Crippen molar-refractivity contribution in [2.24, 2.45) is 0 Å². The number of likely N-dealkylation sites (tertiary alicyclic amines) is 1. The van der Waals surface area contributed by atoms with E-state index in [9.17, 15) is 19.5 Å². The van der Waals surface area contributed by atoms with Crippen LogP contribution in [0.5, 0.6) is 5.75 Å². The summed E-state index contributed by atoms with van der Waals surface area (Å²) in [5, 5.41) is 13.2. The van der Waals surface area contributed by atoms with Gasteiger partial charge < -0.3 is 19.6 Å². The van der Waals surface area contributed by atoms with Crippen LogP contribution in [0.25, 0.3) is 16.5 Å². The molecular weight excluding hydrogens is 456 g/mol.